The van der Waals surface area contributed by atoms with Gasteiger partial charge in [-0.25, -0.2) is 9.97 Å². The molecule has 0 spiro atoms. The minimum absolute atomic E-state index is 0.582. The van der Waals surface area contributed by atoms with Gasteiger partial charge in [0.15, 0.2) is 0 Å². The monoisotopic (exact) mass is 748 g/mol. The number of hydrogen-bond donors (Lipinski definition) is 2. The Bertz CT molecular complexity index is 2860. The van der Waals surface area contributed by atoms with Crippen molar-refractivity contribution in [1.82, 2.24) is 19.9 Å². The number of nitrogens with one attached hydrogen (secondary N) is 2. The summed E-state index contributed by atoms with van der Waals surface area (Å²) in [4.78, 5) is 18.4. The third-order valence-corrected chi connectivity index (χ3v) is 10.5. The summed E-state index contributed by atoms with van der Waals surface area (Å²) in [7, 11) is 6.60. The van der Waals surface area contributed by atoms with Crippen molar-refractivity contribution >= 4 is 46.4 Å². The SMILES string of the molecule is COc1ccc(-c2c3nc(c(-c4c(OC)cc(OC)cc4OC)c4ccc([nH]4)c(-c4ccccc4)c4nc(c(-c5ccc(C)cc5)c5ccc2[nH]5)C=C4)C=C3)cc1. The van der Waals surface area contributed by atoms with Crippen LogP contribution in [0.15, 0.2) is 115 Å². The molecule has 0 atom stereocenters. The molecule has 4 aromatic carbocycles. The maximum atomic E-state index is 6.05. The Kier molecular flexibility index (Phi) is 9.14. The number of hydrogen-bond acceptors (Lipinski definition) is 6. The van der Waals surface area contributed by atoms with E-state index >= 15 is 0 Å². The summed E-state index contributed by atoms with van der Waals surface area (Å²) in [5.41, 5.74) is 15.5. The molecule has 0 aliphatic carbocycles. The van der Waals surface area contributed by atoms with Crippen molar-refractivity contribution in [3.05, 3.63) is 144 Å². The van der Waals surface area contributed by atoms with Crippen LogP contribution in [0.25, 0.3) is 90.9 Å². The summed E-state index contributed by atoms with van der Waals surface area (Å²) in [6.45, 7) is 2.10. The van der Waals surface area contributed by atoms with Crippen molar-refractivity contribution in [2.24, 2.45) is 0 Å². The van der Waals surface area contributed by atoms with E-state index in [2.05, 4.69) is 126 Å². The zero-order valence-corrected chi connectivity index (χ0v) is 32.3. The highest BCUT2D eigenvalue weighted by Gasteiger charge is 2.23. The first kappa shape index (κ1) is 35.4. The van der Waals surface area contributed by atoms with Crippen molar-refractivity contribution in [2.75, 3.05) is 28.4 Å². The highest BCUT2D eigenvalue weighted by atomic mass is 16.5. The standard InChI is InChI=1S/C49H40N4O4/c1-29-11-13-31(14-12-29)46-37-20-19-35(50-37)45(30-9-7-6-8-10-30)36-23-25-41(52-36)48(49-43(56-4)27-34(55-3)28-44(49)57-5)42-26-24-40(53-42)47(39-22-21-38(46)51-39)32-15-17-33(54-2)18-16-32/h6-28,51-52H,1-5H3. The lowest BCUT2D eigenvalue weighted by Crippen LogP contribution is -1.97. The third-order valence-electron chi connectivity index (χ3n) is 10.5. The summed E-state index contributed by atoms with van der Waals surface area (Å²) >= 11 is 0. The Morgan fingerprint density at radius 3 is 1.23 bits per heavy atom. The Hall–Kier alpha value is -7.32. The molecule has 0 fully saturated rings. The van der Waals surface area contributed by atoms with Gasteiger partial charge in [0.2, 0.25) is 0 Å². The first-order valence-electron chi connectivity index (χ1n) is 18.7. The lowest BCUT2D eigenvalue weighted by Gasteiger charge is -2.16. The summed E-state index contributed by atoms with van der Waals surface area (Å²) < 4.78 is 23.3. The van der Waals surface area contributed by atoms with Crippen molar-refractivity contribution in [3.8, 4) is 67.5 Å². The molecule has 8 nitrogen and oxygen atoms in total. The summed E-state index contributed by atoms with van der Waals surface area (Å²) in [5, 5.41) is 0. The van der Waals surface area contributed by atoms with Crippen molar-refractivity contribution in [2.45, 2.75) is 6.92 Å². The van der Waals surface area contributed by atoms with Gasteiger partial charge in [0.05, 0.1) is 56.8 Å². The fourth-order valence-electron chi connectivity index (χ4n) is 7.71. The average molecular weight is 749 g/mol. The topological polar surface area (TPSA) is 94.3 Å². The Morgan fingerprint density at radius 2 is 0.789 bits per heavy atom. The molecule has 7 aromatic rings. The van der Waals surface area contributed by atoms with Crippen LogP contribution in [0.2, 0.25) is 0 Å². The normalized spacial score (nSPS) is 11.8. The number of fused-ring (bicyclic) bond motifs is 8. The van der Waals surface area contributed by atoms with Crippen LogP contribution in [0, 0.1) is 6.92 Å². The molecular weight excluding hydrogens is 709 g/mol. The van der Waals surface area contributed by atoms with Gasteiger partial charge in [-0.05, 0) is 84.3 Å². The van der Waals surface area contributed by atoms with E-state index in [4.69, 9.17) is 28.9 Å². The predicted octanol–water partition coefficient (Wildman–Crippen LogP) is 11.7. The van der Waals surface area contributed by atoms with Crippen molar-refractivity contribution in [3.63, 3.8) is 0 Å². The number of aromatic nitrogens is 4. The Balaban J connectivity index is 1.48. The number of methoxy groups -OCH3 is 4. The zero-order chi connectivity index (χ0) is 39.0. The smallest absolute Gasteiger partial charge is 0.134 e. The van der Waals surface area contributed by atoms with Gasteiger partial charge in [-0.15, -0.1) is 0 Å². The second kappa shape index (κ2) is 14.7. The molecule has 2 aliphatic heterocycles. The van der Waals surface area contributed by atoms with Crippen LogP contribution in [-0.2, 0) is 0 Å². The fraction of sp³-hybridized carbons (Fsp3) is 0.102. The molecule has 0 saturated heterocycles. The van der Waals surface area contributed by atoms with E-state index in [1.807, 2.05) is 30.3 Å². The van der Waals surface area contributed by atoms with E-state index in [0.29, 0.717) is 17.2 Å². The minimum atomic E-state index is 0.582. The number of aryl methyl sites for hydroxylation is 1. The number of aromatic amines is 2. The highest BCUT2D eigenvalue weighted by Crippen LogP contribution is 2.46. The molecule has 0 amide bonds. The van der Waals surface area contributed by atoms with Gasteiger partial charge in [0.25, 0.3) is 0 Å². The molecule has 2 N–H and O–H groups in total. The lowest BCUT2D eigenvalue weighted by atomic mass is 10.0. The molecule has 8 heteroatoms. The second-order valence-corrected chi connectivity index (χ2v) is 13.9. The molecule has 0 radical (unpaired) electrons. The van der Waals surface area contributed by atoms with Gasteiger partial charge >= 0.3 is 0 Å². The van der Waals surface area contributed by atoms with Crippen LogP contribution < -0.4 is 18.9 Å². The van der Waals surface area contributed by atoms with Crippen molar-refractivity contribution < 1.29 is 18.9 Å². The lowest BCUT2D eigenvalue weighted by molar-refractivity contribution is 0.377. The van der Waals surface area contributed by atoms with Crippen LogP contribution in [0.3, 0.4) is 0 Å². The van der Waals surface area contributed by atoms with E-state index in [1.165, 1.54) is 5.56 Å². The number of nitrogens with zero attached hydrogens (tertiary/aromatic N) is 2. The number of rotatable bonds is 8. The summed E-state index contributed by atoms with van der Waals surface area (Å²) in [6, 6.07) is 39.2. The molecule has 8 bridgehead atoms. The predicted molar refractivity (Wildman–Crippen MR) is 232 cm³/mol. The van der Waals surface area contributed by atoms with Crippen LogP contribution in [0.4, 0.5) is 0 Å². The minimum Gasteiger partial charge on any atom is -0.497 e. The van der Waals surface area contributed by atoms with Crippen LogP contribution in [-0.4, -0.2) is 48.4 Å². The molecule has 57 heavy (non-hydrogen) atoms. The number of ether oxygens (including phenoxy) is 4. The maximum Gasteiger partial charge on any atom is 0.134 e. The molecule has 280 valence electrons. The van der Waals surface area contributed by atoms with Gasteiger partial charge in [0.1, 0.15) is 23.0 Å². The molecule has 9 rings (SSSR count). The van der Waals surface area contributed by atoms with Crippen LogP contribution in [0.1, 0.15) is 28.3 Å². The van der Waals surface area contributed by atoms with Gasteiger partial charge < -0.3 is 28.9 Å². The third kappa shape index (κ3) is 6.41. The molecular formula is C49H40N4O4. The molecule has 2 aliphatic rings. The van der Waals surface area contributed by atoms with Crippen LogP contribution >= 0.6 is 0 Å². The highest BCUT2D eigenvalue weighted by molar-refractivity contribution is 6.01. The Labute approximate surface area is 330 Å². The van der Waals surface area contributed by atoms with E-state index in [-0.39, 0.29) is 0 Å². The molecule has 0 saturated carbocycles. The van der Waals surface area contributed by atoms with Crippen LogP contribution in [0.5, 0.6) is 23.0 Å². The zero-order valence-electron chi connectivity index (χ0n) is 32.3. The largest absolute Gasteiger partial charge is 0.497 e. The molecule has 3 aromatic heterocycles. The van der Waals surface area contributed by atoms with Gasteiger partial charge in [-0.3, -0.25) is 0 Å². The van der Waals surface area contributed by atoms with Gasteiger partial charge in [-0.2, -0.15) is 0 Å². The summed E-state index contributed by atoms with van der Waals surface area (Å²) in [6.07, 6.45) is 8.33. The number of H-pyrrole nitrogens is 2. The Morgan fingerprint density at radius 1 is 0.386 bits per heavy atom. The quantitative estimate of drug-likeness (QED) is 0.161. The second-order valence-electron chi connectivity index (χ2n) is 13.9. The van der Waals surface area contributed by atoms with Gasteiger partial charge in [0, 0.05) is 56.5 Å². The average Bonchev–Trinajstić information content (AvgIpc) is 4.10. The van der Waals surface area contributed by atoms with Gasteiger partial charge in [-0.1, -0.05) is 72.3 Å². The fourth-order valence-corrected chi connectivity index (χ4v) is 7.71. The van der Waals surface area contributed by atoms with E-state index < -0.39 is 0 Å². The molecule has 0 unspecified atom stereocenters. The summed E-state index contributed by atoms with van der Waals surface area (Å²) in [5.74, 6) is 2.55. The number of benzene rings is 4. The first-order chi connectivity index (χ1) is 28.0. The van der Waals surface area contributed by atoms with E-state index in [1.54, 1.807) is 28.4 Å². The maximum absolute atomic E-state index is 6.05. The van der Waals surface area contributed by atoms with Crippen molar-refractivity contribution in [1.29, 1.82) is 0 Å². The first-order valence-corrected chi connectivity index (χ1v) is 18.7. The molecule has 5 heterocycles. The van der Waals surface area contributed by atoms with E-state index in [9.17, 15) is 0 Å². The van der Waals surface area contributed by atoms with E-state index in [0.717, 1.165) is 95.1 Å².